The number of aliphatic hydroxyl groups is 1. The SMILES string of the molecule is CCCCCCC(O)CI. The quantitative estimate of drug-likeness (QED) is 0.440. The number of unbranched alkanes of at least 4 members (excludes halogenated alkanes) is 3. The highest BCUT2D eigenvalue weighted by molar-refractivity contribution is 14.1. The van der Waals surface area contributed by atoms with Crippen molar-refractivity contribution in [2.24, 2.45) is 0 Å². The minimum Gasteiger partial charge on any atom is -0.392 e. The molecule has 0 aromatic rings. The van der Waals surface area contributed by atoms with E-state index in [9.17, 15) is 0 Å². The standard InChI is InChI=1S/C8H17IO/c1-2-3-4-5-6-8(10)7-9/h8,10H,2-7H2,1H3. The van der Waals surface area contributed by atoms with Gasteiger partial charge in [-0.05, 0) is 6.42 Å². The maximum absolute atomic E-state index is 9.15. The molecule has 0 radical (unpaired) electrons. The number of rotatable bonds is 6. The molecular formula is C8H17IO. The summed E-state index contributed by atoms with van der Waals surface area (Å²) in [4.78, 5) is 0. The normalized spacial score (nSPS) is 13.5. The lowest BCUT2D eigenvalue weighted by molar-refractivity contribution is 0.188. The van der Waals surface area contributed by atoms with Crippen LogP contribution in [0.25, 0.3) is 0 Å². The van der Waals surface area contributed by atoms with Crippen LogP contribution in [0.1, 0.15) is 39.0 Å². The molecule has 0 heterocycles. The molecule has 1 nitrogen and oxygen atoms in total. The fraction of sp³-hybridized carbons (Fsp3) is 1.00. The second-order valence-corrected chi connectivity index (χ2v) is 3.54. The highest BCUT2D eigenvalue weighted by atomic mass is 127. The first-order valence-corrected chi connectivity index (χ1v) is 5.57. The predicted molar refractivity (Wildman–Crippen MR) is 53.7 cm³/mol. The Bertz CT molecular complexity index is 66.3. The van der Waals surface area contributed by atoms with E-state index < -0.39 is 0 Å². The van der Waals surface area contributed by atoms with E-state index in [1.807, 2.05) is 0 Å². The number of aliphatic hydroxyl groups excluding tert-OH is 1. The van der Waals surface area contributed by atoms with Crippen LogP contribution in [0.4, 0.5) is 0 Å². The molecule has 0 aliphatic carbocycles. The number of alkyl halides is 1. The van der Waals surface area contributed by atoms with Crippen LogP contribution in [0.2, 0.25) is 0 Å². The molecular weight excluding hydrogens is 239 g/mol. The number of hydrogen-bond acceptors (Lipinski definition) is 1. The minimum absolute atomic E-state index is 0.0579. The van der Waals surface area contributed by atoms with Crippen LogP contribution in [0.3, 0.4) is 0 Å². The zero-order valence-electron chi connectivity index (χ0n) is 6.65. The van der Waals surface area contributed by atoms with Gasteiger partial charge in [0.25, 0.3) is 0 Å². The van der Waals surface area contributed by atoms with Gasteiger partial charge in [-0.15, -0.1) is 0 Å². The van der Waals surface area contributed by atoms with E-state index in [4.69, 9.17) is 5.11 Å². The summed E-state index contributed by atoms with van der Waals surface area (Å²) in [6.45, 7) is 2.20. The van der Waals surface area contributed by atoms with Crippen LogP contribution < -0.4 is 0 Å². The second-order valence-electron chi connectivity index (χ2n) is 2.66. The zero-order valence-corrected chi connectivity index (χ0v) is 8.80. The van der Waals surface area contributed by atoms with E-state index in [0.29, 0.717) is 0 Å². The predicted octanol–water partition coefficient (Wildman–Crippen LogP) is 2.75. The molecule has 0 amide bonds. The van der Waals surface area contributed by atoms with Gasteiger partial charge in [0.05, 0.1) is 6.10 Å². The molecule has 0 rings (SSSR count). The smallest absolute Gasteiger partial charge is 0.0629 e. The van der Waals surface area contributed by atoms with Crippen LogP contribution in [-0.2, 0) is 0 Å². The Morgan fingerprint density at radius 3 is 2.50 bits per heavy atom. The number of halogens is 1. The van der Waals surface area contributed by atoms with Gasteiger partial charge in [0.2, 0.25) is 0 Å². The fourth-order valence-corrected chi connectivity index (χ4v) is 1.32. The Labute approximate surface area is 77.3 Å². The van der Waals surface area contributed by atoms with Crippen LogP contribution in [0.15, 0.2) is 0 Å². The lowest BCUT2D eigenvalue weighted by Gasteiger charge is -2.04. The van der Waals surface area contributed by atoms with Crippen molar-refractivity contribution in [3.8, 4) is 0 Å². The lowest BCUT2D eigenvalue weighted by Crippen LogP contribution is -2.06. The Morgan fingerprint density at radius 1 is 1.30 bits per heavy atom. The van der Waals surface area contributed by atoms with Crippen molar-refractivity contribution < 1.29 is 5.11 Å². The van der Waals surface area contributed by atoms with Gasteiger partial charge in [-0.3, -0.25) is 0 Å². The van der Waals surface area contributed by atoms with Gasteiger partial charge in [0.15, 0.2) is 0 Å². The molecule has 1 atom stereocenters. The van der Waals surface area contributed by atoms with E-state index in [1.165, 1.54) is 25.7 Å². The average Bonchev–Trinajstić information content (AvgIpc) is 1.98. The van der Waals surface area contributed by atoms with Gasteiger partial charge < -0.3 is 5.11 Å². The van der Waals surface area contributed by atoms with Gasteiger partial charge >= 0.3 is 0 Å². The largest absolute Gasteiger partial charge is 0.392 e. The van der Waals surface area contributed by atoms with E-state index in [0.717, 1.165) is 10.8 Å². The minimum atomic E-state index is -0.0579. The third-order valence-corrected chi connectivity index (χ3v) is 2.59. The second kappa shape index (κ2) is 7.79. The van der Waals surface area contributed by atoms with Crippen LogP contribution >= 0.6 is 22.6 Å². The molecule has 0 spiro atoms. The fourth-order valence-electron chi connectivity index (χ4n) is 0.884. The molecule has 0 aliphatic rings. The van der Waals surface area contributed by atoms with Gasteiger partial charge in [0.1, 0.15) is 0 Å². The highest BCUT2D eigenvalue weighted by Gasteiger charge is 1.99. The molecule has 0 aromatic carbocycles. The summed E-state index contributed by atoms with van der Waals surface area (Å²) >= 11 is 2.22. The summed E-state index contributed by atoms with van der Waals surface area (Å²) in [5, 5.41) is 9.15. The summed E-state index contributed by atoms with van der Waals surface area (Å²) in [7, 11) is 0. The van der Waals surface area contributed by atoms with E-state index in [-0.39, 0.29) is 6.10 Å². The molecule has 0 aromatic heterocycles. The maximum atomic E-state index is 9.15. The van der Waals surface area contributed by atoms with Gasteiger partial charge in [-0.2, -0.15) is 0 Å². The van der Waals surface area contributed by atoms with Gasteiger partial charge in [-0.25, -0.2) is 0 Å². The first kappa shape index (κ1) is 10.7. The molecule has 62 valence electrons. The zero-order chi connectivity index (χ0) is 7.82. The highest BCUT2D eigenvalue weighted by Crippen LogP contribution is 2.06. The lowest BCUT2D eigenvalue weighted by atomic mass is 10.1. The monoisotopic (exact) mass is 256 g/mol. The van der Waals surface area contributed by atoms with Gasteiger partial charge in [0, 0.05) is 4.43 Å². The summed E-state index contributed by atoms with van der Waals surface area (Å²) in [5.41, 5.74) is 0. The molecule has 0 fully saturated rings. The van der Waals surface area contributed by atoms with Crippen molar-refractivity contribution in [2.45, 2.75) is 45.1 Å². The van der Waals surface area contributed by atoms with Crippen LogP contribution in [0, 0.1) is 0 Å². The molecule has 0 saturated heterocycles. The Morgan fingerprint density at radius 2 is 2.00 bits per heavy atom. The topological polar surface area (TPSA) is 20.2 Å². The third kappa shape index (κ3) is 6.81. The van der Waals surface area contributed by atoms with E-state index in [1.54, 1.807) is 0 Å². The van der Waals surface area contributed by atoms with E-state index >= 15 is 0 Å². The molecule has 1 unspecified atom stereocenters. The van der Waals surface area contributed by atoms with Crippen molar-refractivity contribution >= 4 is 22.6 Å². The summed E-state index contributed by atoms with van der Waals surface area (Å²) in [6, 6.07) is 0. The molecule has 0 aliphatic heterocycles. The van der Waals surface area contributed by atoms with Crippen LogP contribution in [0.5, 0.6) is 0 Å². The first-order chi connectivity index (χ1) is 4.81. The average molecular weight is 256 g/mol. The van der Waals surface area contributed by atoms with Crippen molar-refractivity contribution in [1.82, 2.24) is 0 Å². The molecule has 1 N–H and O–H groups in total. The Balaban J connectivity index is 2.89. The first-order valence-electron chi connectivity index (χ1n) is 4.05. The van der Waals surface area contributed by atoms with Crippen molar-refractivity contribution in [3.63, 3.8) is 0 Å². The summed E-state index contributed by atoms with van der Waals surface area (Å²) < 4.78 is 0.879. The van der Waals surface area contributed by atoms with Crippen molar-refractivity contribution in [2.75, 3.05) is 4.43 Å². The van der Waals surface area contributed by atoms with Crippen LogP contribution in [-0.4, -0.2) is 15.6 Å². The van der Waals surface area contributed by atoms with Crippen molar-refractivity contribution in [3.05, 3.63) is 0 Å². The number of hydrogen-bond donors (Lipinski definition) is 1. The molecule has 2 heteroatoms. The Kier molecular flexibility index (Phi) is 8.33. The Hall–Kier alpha value is 0.690. The maximum Gasteiger partial charge on any atom is 0.0629 e. The third-order valence-electron chi connectivity index (χ3n) is 1.57. The summed E-state index contributed by atoms with van der Waals surface area (Å²) in [6.07, 6.45) is 6.00. The van der Waals surface area contributed by atoms with Gasteiger partial charge in [-0.1, -0.05) is 55.2 Å². The van der Waals surface area contributed by atoms with E-state index in [2.05, 4.69) is 29.5 Å². The molecule has 0 saturated carbocycles. The van der Waals surface area contributed by atoms with Crippen molar-refractivity contribution in [1.29, 1.82) is 0 Å². The molecule has 10 heavy (non-hydrogen) atoms. The summed E-state index contributed by atoms with van der Waals surface area (Å²) in [5.74, 6) is 0. The molecule has 0 bridgehead atoms.